The van der Waals surface area contributed by atoms with Gasteiger partial charge >= 0.3 is 6.03 Å². The number of hydrogen-bond acceptors (Lipinski definition) is 3. The minimum Gasteiger partial charge on any atom is -0.337 e. The molecule has 0 saturated carbocycles. The van der Waals surface area contributed by atoms with E-state index in [0.29, 0.717) is 6.54 Å². The third-order valence-corrected chi connectivity index (χ3v) is 5.20. The van der Waals surface area contributed by atoms with Gasteiger partial charge in [-0.05, 0) is 32.6 Å². The lowest BCUT2D eigenvalue weighted by molar-refractivity contribution is -0.139. The van der Waals surface area contributed by atoms with Gasteiger partial charge in [0.2, 0.25) is 5.91 Å². The molecule has 3 amide bonds. The number of carbonyl (C=O) groups is 2. The van der Waals surface area contributed by atoms with Gasteiger partial charge in [-0.2, -0.15) is 0 Å². The van der Waals surface area contributed by atoms with Crippen LogP contribution in [0.5, 0.6) is 0 Å². The average Bonchev–Trinajstić information content (AvgIpc) is 3.08. The van der Waals surface area contributed by atoms with E-state index in [4.69, 9.17) is 0 Å². The first-order valence-electron chi connectivity index (χ1n) is 8.72. The van der Waals surface area contributed by atoms with Crippen LogP contribution in [0.1, 0.15) is 32.6 Å². The number of carbonyl (C=O) groups excluding carboxylic acids is 2. The zero-order valence-electron chi connectivity index (χ0n) is 14.0. The van der Waals surface area contributed by atoms with Crippen molar-refractivity contribution < 1.29 is 9.59 Å². The van der Waals surface area contributed by atoms with E-state index in [0.717, 1.165) is 65.0 Å². The molecule has 2 atom stereocenters. The van der Waals surface area contributed by atoms with Crippen molar-refractivity contribution >= 4 is 24.3 Å². The maximum absolute atomic E-state index is 12.8. The van der Waals surface area contributed by atoms with Gasteiger partial charge in [0.05, 0.1) is 5.92 Å². The van der Waals surface area contributed by atoms with Gasteiger partial charge in [-0.1, -0.05) is 0 Å². The zero-order valence-corrected chi connectivity index (χ0v) is 14.8. The minimum atomic E-state index is -0.0131. The van der Waals surface area contributed by atoms with Crippen molar-refractivity contribution in [3.63, 3.8) is 0 Å². The van der Waals surface area contributed by atoms with Crippen LogP contribution in [0.25, 0.3) is 0 Å². The van der Waals surface area contributed by atoms with Crippen molar-refractivity contribution in [2.24, 2.45) is 5.92 Å². The van der Waals surface area contributed by atoms with E-state index in [9.17, 15) is 9.59 Å². The molecule has 3 aliphatic rings. The summed E-state index contributed by atoms with van der Waals surface area (Å²) in [5.74, 6) is 0.230. The Hall–Kier alpha value is -1.01. The van der Waals surface area contributed by atoms with Gasteiger partial charge in [0.1, 0.15) is 0 Å². The number of rotatable bonds is 1. The molecule has 2 unspecified atom stereocenters. The van der Waals surface area contributed by atoms with Crippen LogP contribution in [0.15, 0.2) is 0 Å². The summed E-state index contributed by atoms with van der Waals surface area (Å²) in [6.07, 6.45) is 4.08. The standard InChI is InChI=1S/C16H28N4O2.ClH/c1-13-11-17-6-10-20(13)15(21)14-5-4-9-19(12-14)16(22)18-7-2-3-8-18;/h13-14,17H,2-12H2,1H3;1H. The van der Waals surface area contributed by atoms with E-state index in [-0.39, 0.29) is 36.3 Å². The number of nitrogens with one attached hydrogen (secondary N) is 1. The molecule has 0 aromatic carbocycles. The molecule has 0 bridgehead atoms. The Kier molecular flexibility index (Phi) is 6.53. The topological polar surface area (TPSA) is 55.9 Å². The highest BCUT2D eigenvalue weighted by molar-refractivity contribution is 5.85. The first-order valence-corrected chi connectivity index (χ1v) is 8.72. The molecule has 23 heavy (non-hydrogen) atoms. The number of piperazine rings is 1. The molecule has 0 spiro atoms. The predicted octanol–water partition coefficient (Wildman–Crippen LogP) is 1.16. The maximum atomic E-state index is 12.8. The molecule has 0 aliphatic carbocycles. The van der Waals surface area contributed by atoms with Gasteiger partial charge in [0, 0.05) is 51.9 Å². The van der Waals surface area contributed by atoms with E-state index >= 15 is 0 Å². The van der Waals surface area contributed by atoms with Crippen molar-refractivity contribution in [2.45, 2.75) is 38.6 Å². The van der Waals surface area contributed by atoms with Gasteiger partial charge in [-0.3, -0.25) is 4.79 Å². The second kappa shape index (κ2) is 8.20. The third-order valence-electron chi connectivity index (χ3n) is 5.20. The highest BCUT2D eigenvalue weighted by Gasteiger charge is 2.35. The summed E-state index contributed by atoms with van der Waals surface area (Å²) in [5.41, 5.74) is 0. The Morgan fingerprint density at radius 3 is 2.39 bits per heavy atom. The first kappa shape index (κ1) is 18.3. The SMILES string of the molecule is CC1CNCCN1C(=O)C1CCCN(C(=O)N2CCCC2)C1.Cl. The molecular weight excluding hydrogens is 316 g/mol. The summed E-state index contributed by atoms with van der Waals surface area (Å²) < 4.78 is 0. The smallest absolute Gasteiger partial charge is 0.320 e. The van der Waals surface area contributed by atoms with Gasteiger partial charge in [-0.25, -0.2) is 4.79 Å². The van der Waals surface area contributed by atoms with Gasteiger partial charge in [0.25, 0.3) is 0 Å². The highest BCUT2D eigenvalue weighted by Crippen LogP contribution is 2.22. The fraction of sp³-hybridized carbons (Fsp3) is 0.875. The monoisotopic (exact) mass is 344 g/mol. The molecule has 1 N–H and O–H groups in total. The van der Waals surface area contributed by atoms with Gasteiger partial charge in [-0.15, -0.1) is 12.4 Å². The highest BCUT2D eigenvalue weighted by atomic mass is 35.5. The number of urea groups is 1. The van der Waals surface area contributed by atoms with Crippen molar-refractivity contribution in [3.8, 4) is 0 Å². The van der Waals surface area contributed by atoms with E-state index in [2.05, 4.69) is 12.2 Å². The van der Waals surface area contributed by atoms with Crippen LogP contribution >= 0.6 is 12.4 Å². The minimum absolute atomic E-state index is 0. The number of likely N-dealkylation sites (tertiary alicyclic amines) is 2. The second-order valence-corrected chi connectivity index (χ2v) is 6.85. The summed E-state index contributed by atoms with van der Waals surface area (Å²) in [6.45, 7) is 7.79. The molecule has 6 nitrogen and oxygen atoms in total. The van der Waals surface area contributed by atoms with Crippen LogP contribution in [0.4, 0.5) is 4.79 Å². The van der Waals surface area contributed by atoms with Crippen LogP contribution in [-0.2, 0) is 4.79 Å². The number of piperidine rings is 1. The summed E-state index contributed by atoms with van der Waals surface area (Å²) in [5, 5.41) is 3.32. The Bertz CT molecular complexity index is 428. The molecule has 0 aromatic heterocycles. The van der Waals surface area contributed by atoms with Crippen molar-refractivity contribution in [3.05, 3.63) is 0 Å². The maximum Gasteiger partial charge on any atom is 0.320 e. The molecule has 0 radical (unpaired) electrons. The second-order valence-electron chi connectivity index (χ2n) is 6.85. The van der Waals surface area contributed by atoms with Crippen LogP contribution in [0.2, 0.25) is 0 Å². The quantitative estimate of drug-likeness (QED) is 0.776. The Labute approximate surface area is 145 Å². The molecule has 7 heteroatoms. The number of hydrogen-bond donors (Lipinski definition) is 1. The molecule has 3 fully saturated rings. The molecule has 3 saturated heterocycles. The van der Waals surface area contributed by atoms with Crippen LogP contribution in [0.3, 0.4) is 0 Å². The molecule has 0 aromatic rings. The Morgan fingerprint density at radius 2 is 1.70 bits per heavy atom. The van der Waals surface area contributed by atoms with Crippen molar-refractivity contribution in [2.75, 3.05) is 45.8 Å². The lowest BCUT2D eigenvalue weighted by atomic mass is 9.95. The summed E-state index contributed by atoms with van der Waals surface area (Å²) in [7, 11) is 0. The summed E-state index contributed by atoms with van der Waals surface area (Å²) in [4.78, 5) is 31.2. The Morgan fingerprint density at radius 1 is 1.00 bits per heavy atom. The summed E-state index contributed by atoms with van der Waals surface area (Å²) >= 11 is 0. The Balaban J connectivity index is 0.00000192. The van der Waals surface area contributed by atoms with E-state index in [1.807, 2.05) is 14.7 Å². The third kappa shape index (κ3) is 4.10. The number of amides is 3. The van der Waals surface area contributed by atoms with Crippen molar-refractivity contribution in [1.82, 2.24) is 20.0 Å². The van der Waals surface area contributed by atoms with E-state index in [1.54, 1.807) is 0 Å². The van der Waals surface area contributed by atoms with Gasteiger partial charge < -0.3 is 20.0 Å². The molecule has 3 aliphatic heterocycles. The zero-order chi connectivity index (χ0) is 15.5. The lowest BCUT2D eigenvalue weighted by Crippen LogP contribution is -2.56. The summed E-state index contributed by atoms with van der Waals surface area (Å²) in [6, 6.07) is 0.397. The lowest BCUT2D eigenvalue weighted by Gasteiger charge is -2.40. The molecular formula is C16H29ClN4O2. The fourth-order valence-corrected chi connectivity index (χ4v) is 3.86. The number of halogens is 1. The first-order chi connectivity index (χ1) is 10.7. The van der Waals surface area contributed by atoms with Crippen LogP contribution < -0.4 is 5.32 Å². The fourth-order valence-electron chi connectivity index (χ4n) is 3.86. The predicted molar refractivity (Wildman–Crippen MR) is 91.8 cm³/mol. The molecule has 3 heterocycles. The average molecular weight is 345 g/mol. The van der Waals surface area contributed by atoms with E-state index in [1.165, 1.54) is 0 Å². The van der Waals surface area contributed by atoms with Crippen LogP contribution in [-0.4, -0.2) is 78.5 Å². The van der Waals surface area contributed by atoms with Gasteiger partial charge in [0.15, 0.2) is 0 Å². The largest absolute Gasteiger partial charge is 0.337 e. The molecule has 132 valence electrons. The van der Waals surface area contributed by atoms with Crippen LogP contribution in [0, 0.1) is 5.92 Å². The van der Waals surface area contributed by atoms with E-state index < -0.39 is 0 Å². The number of nitrogens with zero attached hydrogens (tertiary/aromatic N) is 3. The van der Waals surface area contributed by atoms with Crippen molar-refractivity contribution in [1.29, 1.82) is 0 Å². The normalized spacial score (nSPS) is 28.5. The molecule has 3 rings (SSSR count).